The summed E-state index contributed by atoms with van der Waals surface area (Å²) in [6.45, 7) is 1.17. The van der Waals surface area contributed by atoms with E-state index in [1.54, 1.807) is 48.5 Å². The topological polar surface area (TPSA) is 64.6 Å². The summed E-state index contributed by atoms with van der Waals surface area (Å²) in [5, 5.41) is 3.75. The first-order chi connectivity index (χ1) is 11.4. The number of halogens is 2. The lowest BCUT2D eigenvalue weighted by molar-refractivity contribution is -0.155. The van der Waals surface area contributed by atoms with Crippen molar-refractivity contribution in [3.05, 3.63) is 58.6 Å². The average molecular weight is 368 g/mol. The molecule has 7 heteroatoms. The van der Waals surface area contributed by atoms with Crippen LogP contribution >= 0.6 is 23.2 Å². The molecular weight excluding hydrogens is 353 g/mol. The molecule has 5 nitrogen and oxygen atoms in total. The molecule has 1 atom stereocenters. The zero-order valence-corrected chi connectivity index (χ0v) is 14.3. The zero-order chi connectivity index (χ0) is 17.5. The summed E-state index contributed by atoms with van der Waals surface area (Å²) in [7, 11) is 0. The van der Waals surface area contributed by atoms with Gasteiger partial charge in [-0.05, 0) is 55.5 Å². The van der Waals surface area contributed by atoms with Crippen LogP contribution in [0.2, 0.25) is 10.0 Å². The highest BCUT2D eigenvalue weighted by atomic mass is 35.5. The molecule has 126 valence electrons. The predicted octanol–water partition coefficient (Wildman–Crippen LogP) is 3.94. The first kappa shape index (κ1) is 18.1. The van der Waals surface area contributed by atoms with Crippen molar-refractivity contribution in [3.8, 4) is 5.75 Å². The number of rotatable bonds is 6. The van der Waals surface area contributed by atoms with Gasteiger partial charge in [-0.1, -0.05) is 23.2 Å². The van der Waals surface area contributed by atoms with Crippen LogP contribution in [0.1, 0.15) is 6.92 Å². The van der Waals surface area contributed by atoms with E-state index in [9.17, 15) is 9.59 Å². The van der Waals surface area contributed by atoms with Gasteiger partial charge in [-0.2, -0.15) is 0 Å². The molecule has 2 aromatic carbocycles. The number of nitrogens with one attached hydrogen (secondary N) is 1. The Morgan fingerprint density at radius 1 is 1.00 bits per heavy atom. The largest absolute Gasteiger partial charge is 0.482 e. The Bertz CT molecular complexity index is 702. The molecule has 0 aliphatic carbocycles. The number of benzene rings is 2. The van der Waals surface area contributed by atoms with Gasteiger partial charge in [0.2, 0.25) is 0 Å². The van der Waals surface area contributed by atoms with Gasteiger partial charge in [-0.15, -0.1) is 0 Å². The lowest BCUT2D eigenvalue weighted by Crippen LogP contribution is -2.31. The van der Waals surface area contributed by atoms with Crippen LogP contribution in [0.15, 0.2) is 48.5 Å². The highest BCUT2D eigenvalue weighted by molar-refractivity contribution is 6.30. The first-order valence-electron chi connectivity index (χ1n) is 7.08. The van der Waals surface area contributed by atoms with Crippen molar-refractivity contribution >= 4 is 40.8 Å². The summed E-state index contributed by atoms with van der Waals surface area (Å²) < 4.78 is 10.3. The Morgan fingerprint density at radius 2 is 1.54 bits per heavy atom. The Morgan fingerprint density at radius 3 is 2.12 bits per heavy atom. The van der Waals surface area contributed by atoms with E-state index in [0.717, 1.165) is 0 Å². The lowest BCUT2D eigenvalue weighted by Gasteiger charge is -2.14. The van der Waals surface area contributed by atoms with Crippen LogP contribution in [0.25, 0.3) is 0 Å². The second-order valence-corrected chi connectivity index (χ2v) is 5.74. The molecule has 2 aromatic rings. The van der Waals surface area contributed by atoms with Crippen molar-refractivity contribution < 1.29 is 19.1 Å². The van der Waals surface area contributed by atoms with Gasteiger partial charge < -0.3 is 14.8 Å². The third-order valence-corrected chi connectivity index (χ3v) is 3.46. The first-order valence-corrected chi connectivity index (χ1v) is 7.84. The molecular formula is C17H15Cl2NO4. The van der Waals surface area contributed by atoms with Crippen LogP contribution in [0.4, 0.5) is 5.69 Å². The third kappa shape index (κ3) is 5.76. The number of ether oxygens (including phenoxy) is 2. The Hall–Kier alpha value is -2.24. The molecule has 0 saturated heterocycles. The van der Waals surface area contributed by atoms with Crippen molar-refractivity contribution in [2.75, 3.05) is 11.9 Å². The number of esters is 1. The van der Waals surface area contributed by atoms with Crippen LogP contribution in [-0.4, -0.2) is 24.6 Å². The van der Waals surface area contributed by atoms with E-state index in [0.29, 0.717) is 21.5 Å². The quantitative estimate of drug-likeness (QED) is 0.785. The van der Waals surface area contributed by atoms with Crippen LogP contribution in [0, 0.1) is 0 Å². The second kappa shape index (κ2) is 8.57. The molecule has 0 spiro atoms. The van der Waals surface area contributed by atoms with Gasteiger partial charge in [-0.3, -0.25) is 4.79 Å². The van der Waals surface area contributed by atoms with E-state index in [1.807, 2.05) is 0 Å². The van der Waals surface area contributed by atoms with Gasteiger partial charge in [0.25, 0.3) is 5.91 Å². The molecule has 0 saturated carbocycles. The van der Waals surface area contributed by atoms with Crippen LogP contribution < -0.4 is 10.1 Å². The van der Waals surface area contributed by atoms with Gasteiger partial charge in [0.1, 0.15) is 5.75 Å². The fourth-order valence-electron chi connectivity index (χ4n) is 1.73. The van der Waals surface area contributed by atoms with Crippen molar-refractivity contribution in [2.45, 2.75) is 13.0 Å². The maximum atomic E-state index is 12.0. The van der Waals surface area contributed by atoms with Crippen molar-refractivity contribution in [3.63, 3.8) is 0 Å². The molecule has 0 heterocycles. The molecule has 0 aliphatic heterocycles. The smallest absolute Gasteiger partial charge is 0.344 e. The number of carbonyl (C=O) groups is 2. The maximum absolute atomic E-state index is 12.0. The minimum absolute atomic E-state index is 0.305. The minimum atomic E-state index is -0.956. The summed E-state index contributed by atoms with van der Waals surface area (Å²) in [4.78, 5) is 23.7. The third-order valence-electron chi connectivity index (χ3n) is 2.96. The molecule has 0 bridgehead atoms. The van der Waals surface area contributed by atoms with Crippen molar-refractivity contribution in [2.24, 2.45) is 0 Å². The highest BCUT2D eigenvalue weighted by Gasteiger charge is 2.18. The van der Waals surface area contributed by atoms with Crippen molar-refractivity contribution in [1.29, 1.82) is 0 Å². The summed E-state index contributed by atoms with van der Waals surface area (Å²) in [6, 6.07) is 13.1. The summed E-state index contributed by atoms with van der Waals surface area (Å²) in [6.07, 6.45) is -0.956. The fraction of sp³-hybridized carbons (Fsp3) is 0.176. The predicted molar refractivity (Wildman–Crippen MR) is 92.6 cm³/mol. The maximum Gasteiger partial charge on any atom is 0.344 e. The van der Waals surface area contributed by atoms with Crippen LogP contribution in [0.5, 0.6) is 5.75 Å². The number of hydrogen-bond donors (Lipinski definition) is 1. The number of anilines is 1. The monoisotopic (exact) mass is 367 g/mol. The Kier molecular flexibility index (Phi) is 6.46. The number of hydrogen-bond acceptors (Lipinski definition) is 4. The zero-order valence-electron chi connectivity index (χ0n) is 12.8. The number of amides is 1. The SMILES string of the molecule is C[C@H](OC(=O)COc1ccc(Cl)cc1)C(=O)Nc1ccc(Cl)cc1. The standard InChI is InChI=1S/C17H15Cl2NO4/c1-11(17(22)20-14-6-2-12(18)3-7-14)24-16(21)10-23-15-8-4-13(19)5-9-15/h2-9,11H,10H2,1H3,(H,20,22)/t11-/m0/s1. The molecule has 0 aromatic heterocycles. The fourth-order valence-corrected chi connectivity index (χ4v) is 1.99. The van der Waals surface area contributed by atoms with E-state index in [-0.39, 0.29) is 6.61 Å². The normalized spacial score (nSPS) is 11.5. The molecule has 0 fully saturated rings. The summed E-state index contributed by atoms with van der Waals surface area (Å²) in [5.41, 5.74) is 0.560. The second-order valence-electron chi connectivity index (χ2n) is 4.87. The molecule has 1 N–H and O–H groups in total. The highest BCUT2D eigenvalue weighted by Crippen LogP contribution is 2.16. The Labute approximate surface area is 149 Å². The van der Waals surface area contributed by atoms with Gasteiger partial charge in [0.05, 0.1) is 0 Å². The van der Waals surface area contributed by atoms with E-state index >= 15 is 0 Å². The van der Waals surface area contributed by atoms with E-state index in [1.165, 1.54) is 6.92 Å². The Balaban J connectivity index is 1.78. The molecule has 24 heavy (non-hydrogen) atoms. The van der Waals surface area contributed by atoms with Crippen LogP contribution in [0.3, 0.4) is 0 Å². The molecule has 0 aliphatic rings. The molecule has 0 unspecified atom stereocenters. The van der Waals surface area contributed by atoms with E-state index in [2.05, 4.69) is 5.32 Å². The van der Waals surface area contributed by atoms with Gasteiger partial charge in [0, 0.05) is 15.7 Å². The lowest BCUT2D eigenvalue weighted by atomic mass is 10.3. The minimum Gasteiger partial charge on any atom is -0.482 e. The molecule has 2 rings (SSSR count). The van der Waals surface area contributed by atoms with Crippen molar-refractivity contribution in [1.82, 2.24) is 0 Å². The summed E-state index contributed by atoms with van der Waals surface area (Å²) in [5.74, 6) is -0.615. The van der Waals surface area contributed by atoms with Gasteiger partial charge >= 0.3 is 5.97 Å². The average Bonchev–Trinajstić information content (AvgIpc) is 2.56. The van der Waals surface area contributed by atoms with Gasteiger partial charge in [-0.25, -0.2) is 4.79 Å². The number of carbonyl (C=O) groups excluding carboxylic acids is 2. The van der Waals surface area contributed by atoms with E-state index in [4.69, 9.17) is 32.7 Å². The van der Waals surface area contributed by atoms with E-state index < -0.39 is 18.0 Å². The van der Waals surface area contributed by atoms with Crippen LogP contribution in [-0.2, 0) is 14.3 Å². The van der Waals surface area contributed by atoms with Gasteiger partial charge in [0.15, 0.2) is 12.7 Å². The summed E-state index contributed by atoms with van der Waals surface area (Å²) >= 11 is 11.5. The molecule has 0 radical (unpaired) electrons. The molecule has 1 amide bonds.